The number of ether oxygens (including phenoxy) is 1. The fourth-order valence-electron chi connectivity index (χ4n) is 5.43. The normalized spacial score (nSPS) is 26.6. The average molecular weight is 472 g/mol. The molecule has 1 N–H and O–H groups in total. The summed E-state index contributed by atoms with van der Waals surface area (Å²) in [4.78, 5) is 66.6. The number of fused-ring (bicyclic) bond motifs is 4. The van der Waals surface area contributed by atoms with Crippen LogP contribution in [0.2, 0.25) is 0 Å². The number of benzene rings is 1. The molecule has 3 atom stereocenters. The molecular formula is C23H28N4O7. The van der Waals surface area contributed by atoms with Crippen LogP contribution in [0.5, 0.6) is 0 Å². The van der Waals surface area contributed by atoms with Crippen LogP contribution in [0.1, 0.15) is 46.1 Å². The number of non-ortho nitro benzene ring substituents is 1. The van der Waals surface area contributed by atoms with E-state index in [1.807, 2.05) is 4.90 Å². The first-order valence-electron chi connectivity index (χ1n) is 11.3. The highest BCUT2D eigenvalue weighted by Crippen LogP contribution is 2.50. The van der Waals surface area contributed by atoms with Crippen LogP contribution in [0.15, 0.2) is 18.2 Å². The van der Waals surface area contributed by atoms with E-state index in [0.29, 0.717) is 24.2 Å². The van der Waals surface area contributed by atoms with Crippen LogP contribution in [0.4, 0.5) is 16.2 Å². The van der Waals surface area contributed by atoms with E-state index in [1.165, 1.54) is 12.1 Å². The van der Waals surface area contributed by atoms with Gasteiger partial charge in [-0.2, -0.15) is 0 Å². The van der Waals surface area contributed by atoms with Gasteiger partial charge in [0.05, 0.1) is 23.5 Å². The van der Waals surface area contributed by atoms with Crippen LogP contribution in [0.3, 0.4) is 0 Å². The quantitative estimate of drug-likeness (QED) is 0.306. The van der Waals surface area contributed by atoms with Gasteiger partial charge in [-0.3, -0.25) is 34.7 Å². The third-order valence-corrected chi connectivity index (χ3v) is 6.93. The van der Waals surface area contributed by atoms with Crippen molar-refractivity contribution < 1.29 is 28.8 Å². The molecule has 1 aromatic rings. The lowest BCUT2D eigenvalue weighted by molar-refractivity contribution is -0.384. The Bertz CT molecular complexity index is 1100. The Morgan fingerprint density at radius 1 is 1.29 bits per heavy atom. The van der Waals surface area contributed by atoms with Crippen LogP contribution in [-0.2, 0) is 25.5 Å². The molecule has 2 saturated heterocycles. The van der Waals surface area contributed by atoms with Gasteiger partial charge in [-0.15, -0.1) is 0 Å². The van der Waals surface area contributed by atoms with Crippen molar-refractivity contribution in [3.8, 4) is 0 Å². The number of carbonyl (C=O) groups is 4. The molecule has 0 saturated carbocycles. The summed E-state index contributed by atoms with van der Waals surface area (Å²) in [6.45, 7) is 7.35. The molecule has 0 bridgehead atoms. The van der Waals surface area contributed by atoms with Gasteiger partial charge >= 0.3 is 12.0 Å². The van der Waals surface area contributed by atoms with Gasteiger partial charge in [0.1, 0.15) is 0 Å². The Kier molecular flexibility index (Phi) is 5.61. The number of nitro benzene ring substituents is 1. The van der Waals surface area contributed by atoms with E-state index in [-0.39, 0.29) is 31.1 Å². The second-order valence-electron chi connectivity index (χ2n) is 9.97. The summed E-state index contributed by atoms with van der Waals surface area (Å²) in [5.74, 6) is -2.32. The molecule has 0 radical (unpaired) electrons. The monoisotopic (exact) mass is 472 g/mol. The van der Waals surface area contributed by atoms with Crippen molar-refractivity contribution in [2.24, 2.45) is 11.3 Å². The summed E-state index contributed by atoms with van der Waals surface area (Å²) in [5.41, 5.74) is -1.64. The second kappa shape index (κ2) is 8.07. The first kappa shape index (κ1) is 23.7. The predicted octanol–water partition coefficient (Wildman–Crippen LogP) is 2.16. The maximum Gasteiger partial charge on any atom is 0.331 e. The standard InChI is InChI=1S/C23H28N4O7/c1-5-34-18(28)13-8-9-25-16-7-6-15(27(32)33)10-14(16)12-23(17(25)11-13)19(29)24-21(31)26(20(23)30)22(2,3)4/h6-7,10,13,17H,5,8-9,11-12H2,1-4H3,(H,24,29,31)/t13-,17+,23-/m1/s1. The predicted molar refractivity (Wildman–Crippen MR) is 120 cm³/mol. The Balaban J connectivity index is 1.88. The highest BCUT2D eigenvalue weighted by atomic mass is 16.6. The topological polar surface area (TPSA) is 139 Å². The van der Waals surface area contributed by atoms with Crippen molar-refractivity contribution in [1.29, 1.82) is 0 Å². The van der Waals surface area contributed by atoms with Crippen LogP contribution >= 0.6 is 0 Å². The number of urea groups is 1. The number of imide groups is 2. The lowest BCUT2D eigenvalue weighted by Crippen LogP contribution is -2.75. The Labute approximate surface area is 196 Å². The van der Waals surface area contributed by atoms with E-state index in [2.05, 4.69) is 5.32 Å². The molecule has 34 heavy (non-hydrogen) atoms. The molecule has 1 aromatic carbocycles. The second-order valence-corrected chi connectivity index (χ2v) is 9.97. The van der Waals surface area contributed by atoms with Gasteiger partial charge in [-0.25, -0.2) is 4.79 Å². The molecule has 3 aliphatic rings. The molecule has 11 nitrogen and oxygen atoms in total. The number of nitrogens with one attached hydrogen (secondary N) is 1. The van der Waals surface area contributed by atoms with Crippen LogP contribution in [-0.4, -0.2) is 58.4 Å². The van der Waals surface area contributed by atoms with E-state index in [4.69, 9.17) is 4.74 Å². The molecule has 0 unspecified atom stereocenters. The van der Waals surface area contributed by atoms with Gasteiger partial charge in [0.15, 0.2) is 5.41 Å². The van der Waals surface area contributed by atoms with Crippen molar-refractivity contribution in [2.75, 3.05) is 18.1 Å². The minimum absolute atomic E-state index is 0.120. The maximum absolute atomic E-state index is 14.0. The number of barbiturate groups is 1. The molecule has 1 spiro atoms. The zero-order valence-electron chi connectivity index (χ0n) is 19.6. The largest absolute Gasteiger partial charge is 0.466 e. The third-order valence-electron chi connectivity index (χ3n) is 6.93. The number of rotatable bonds is 3. The van der Waals surface area contributed by atoms with Crippen molar-refractivity contribution in [3.05, 3.63) is 33.9 Å². The third kappa shape index (κ3) is 3.50. The van der Waals surface area contributed by atoms with Gasteiger partial charge in [0.25, 0.3) is 5.69 Å². The lowest BCUT2D eigenvalue weighted by Gasteiger charge is -2.55. The van der Waals surface area contributed by atoms with Gasteiger partial charge in [-0.05, 0) is 52.2 Å². The molecule has 2 fully saturated rings. The molecule has 182 valence electrons. The number of piperidine rings is 1. The number of carbonyl (C=O) groups excluding carboxylic acids is 4. The van der Waals surface area contributed by atoms with E-state index in [1.54, 1.807) is 33.8 Å². The SMILES string of the molecule is CCOC(=O)[C@@H]1CCN2c3ccc([N+](=O)[O-])cc3C[C@]3(C(=O)NC(=O)N(C(C)(C)C)C3=O)[C@@H]2C1. The van der Waals surface area contributed by atoms with Gasteiger partial charge in [-0.1, -0.05) is 0 Å². The van der Waals surface area contributed by atoms with E-state index in [0.717, 1.165) is 4.90 Å². The van der Waals surface area contributed by atoms with E-state index >= 15 is 0 Å². The first-order chi connectivity index (χ1) is 15.9. The highest BCUT2D eigenvalue weighted by Gasteiger charge is 2.64. The number of hydrogen-bond donors (Lipinski definition) is 1. The highest BCUT2D eigenvalue weighted by molar-refractivity contribution is 6.20. The molecule has 0 aliphatic carbocycles. The molecule has 3 heterocycles. The summed E-state index contributed by atoms with van der Waals surface area (Å²) in [7, 11) is 0. The molecule has 0 aromatic heterocycles. The zero-order valence-corrected chi connectivity index (χ0v) is 19.6. The van der Waals surface area contributed by atoms with Crippen LogP contribution < -0.4 is 10.2 Å². The molecule has 4 amide bonds. The van der Waals surface area contributed by atoms with E-state index in [9.17, 15) is 29.3 Å². The summed E-state index contributed by atoms with van der Waals surface area (Å²) in [5, 5.41) is 13.8. The number of hydrogen-bond acceptors (Lipinski definition) is 8. The molecular weight excluding hydrogens is 444 g/mol. The minimum Gasteiger partial charge on any atom is -0.466 e. The minimum atomic E-state index is -1.73. The average Bonchev–Trinajstić information content (AvgIpc) is 2.75. The van der Waals surface area contributed by atoms with Crippen LogP contribution in [0, 0.1) is 21.4 Å². The lowest BCUT2D eigenvalue weighted by atomic mass is 9.64. The molecule has 4 rings (SSSR count). The summed E-state index contributed by atoms with van der Waals surface area (Å²) >= 11 is 0. The fourth-order valence-corrected chi connectivity index (χ4v) is 5.43. The van der Waals surface area contributed by atoms with Crippen molar-refractivity contribution in [2.45, 2.75) is 58.5 Å². The van der Waals surface area contributed by atoms with Gasteiger partial charge in [0, 0.05) is 36.3 Å². The van der Waals surface area contributed by atoms with Crippen molar-refractivity contribution >= 4 is 35.2 Å². The maximum atomic E-state index is 14.0. The number of esters is 1. The van der Waals surface area contributed by atoms with Crippen LogP contribution in [0.25, 0.3) is 0 Å². The van der Waals surface area contributed by atoms with Crippen molar-refractivity contribution in [3.63, 3.8) is 0 Å². The Morgan fingerprint density at radius 2 is 2.00 bits per heavy atom. The number of nitrogens with zero attached hydrogens (tertiary/aromatic N) is 3. The summed E-state index contributed by atoms with van der Waals surface area (Å²) in [6.07, 6.45) is 0.505. The Hall–Kier alpha value is -3.50. The number of anilines is 1. The molecule has 3 aliphatic heterocycles. The molecule has 11 heteroatoms. The summed E-state index contributed by atoms with van der Waals surface area (Å²) < 4.78 is 5.21. The van der Waals surface area contributed by atoms with Gasteiger partial charge in [0.2, 0.25) is 11.8 Å². The Morgan fingerprint density at radius 3 is 2.62 bits per heavy atom. The fraction of sp³-hybridized carbons (Fsp3) is 0.565. The zero-order chi connectivity index (χ0) is 25.0. The van der Waals surface area contributed by atoms with E-state index < -0.39 is 45.7 Å². The van der Waals surface area contributed by atoms with Crippen molar-refractivity contribution in [1.82, 2.24) is 10.2 Å². The van der Waals surface area contributed by atoms with Gasteiger partial charge < -0.3 is 9.64 Å². The summed E-state index contributed by atoms with van der Waals surface area (Å²) in [6, 6.07) is 2.86. The first-order valence-corrected chi connectivity index (χ1v) is 11.3. The smallest absolute Gasteiger partial charge is 0.331 e. The number of nitro groups is 1. The number of amides is 4.